The molecule has 0 amide bonds. The minimum atomic E-state index is -4.12. The largest absolute Gasteiger partial charge is 0.389 e. The Bertz CT molecular complexity index is 403. The minimum Gasteiger partial charge on any atom is -0.271 e. The maximum atomic E-state index is 12.3. The SMILES string of the molecule is NNC(CCC(F)(F)F)C1CCc2ccccc21. The summed E-state index contributed by atoms with van der Waals surface area (Å²) < 4.78 is 36.8. The molecule has 2 unspecified atom stereocenters. The summed E-state index contributed by atoms with van der Waals surface area (Å²) in [5.74, 6) is 5.51. The summed E-state index contributed by atoms with van der Waals surface area (Å²) in [4.78, 5) is 0. The van der Waals surface area contributed by atoms with Gasteiger partial charge in [-0.3, -0.25) is 11.3 Å². The summed E-state index contributed by atoms with van der Waals surface area (Å²) in [7, 11) is 0. The molecule has 3 N–H and O–H groups in total. The van der Waals surface area contributed by atoms with Gasteiger partial charge in [0.2, 0.25) is 0 Å². The lowest BCUT2D eigenvalue weighted by Crippen LogP contribution is -2.40. The second-order valence-electron chi connectivity index (χ2n) is 4.77. The first-order chi connectivity index (χ1) is 8.51. The number of aryl methyl sites for hydroxylation is 1. The van der Waals surface area contributed by atoms with Crippen LogP contribution in [-0.4, -0.2) is 12.2 Å². The zero-order valence-corrected chi connectivity index (χ0v) is 10.0. The molecule has 0 saturated carbocycles. The van der Waals surface area contributed by atoms with Crippen LogP contribution in [-0.2, 0) is 6.42 Å². The highest BCUT2D eigenvalue weighted by Gasteiger charge is 2.33. The van der Waals surface area contributed by atoms with Crippen molar-refractivity contribution in [3.05, 3.63) is 35.4 Å². The van der Waals surface area contributed by atoms with Crippen molar-refractivity contribution in [2.75, 3.05) is 0 Å². The number of hydrogen-bond donors (Lipinski definition) is 2. The van der Waals surface area contributed by atoms with Gasteiger partial charge in [0.25, 0.3) is 0 Å². The van der Waals surface area contributed by atoms with Crippen LogP contribution in [0.2, 0.25) is 0 Å². The second kappa shape index (κ2) is 5.28. The molecule has 1 aromatic rings. The Labute approximate surface area is 104 Å². The van der Waals surface area contributed by atoms with Crippen molar-refractivity contribution in [2.45, 2.75) is 43.8 Å². The molecule has 0 spiro atoms. The number of benzene rings is 1. The van der Waals surface area contributed by atoms with Gasteiger partial charge in [0.1, 0.15) is 0 Å². The lowest BCUT2D eigenvalue weighted by molar-refractivity contribution is -0.136. The standard InChI is InChI=1S/C13H17F3N2/c14-13(15,16)8-7-12(18-17)11-6-5-9-3-1-2-4-10(9)11/h1-4,11-12,18H,5-8,17H2. The Balaban J connectivity index is 2.06. The Hall–Kier alpha value is -1.07. The van der Waals surface area contributed by atoms with Crippen molar-refractivity contribution in [3.8, 4) is 0 Å². The number of rotatable bonds is 4. The number of nitrogens with two attached hydrogens (primary N) is 1. The van der Waals surface area contributed by atoms with Crippen LogP contribution in [0.15, 0.2) is 24.3 Å². The van der Waals surface area contributed by atoms with E-state index in [2.05, 4.69) is 5.43 Å². The van der Waals surface area contributed by atoms with E-state index in [1.54, 1.807) is 0 Å². The molecule has 2 nitrogen and oxygen atoms in total. The topological polar surface area (TPSA) is 38.0 Å². The van der Waals surface area contributed by atoms with Crippen LogP contribution in [0.5, 0.6) is 0 Å². The number of nitrogens with one attached hydrogen (secondary N) is 1. The van der Waals surface area contributed by atoms with Gasteiger partial charge >= 0.3 is 6.18 Å². The van der Waals surface area contributed by atoms with Gasteiger partial charge in [0.05, 0.1) is 0 Å². The number of hydrazine groups is 1. The van der Waals surface area contributed by atoms with Crippen LogP contribution >= 0.6 is 0 Å². The van der Waals surface area contributed by atoms with Crippen LogP contribution in [0.4, 0.5) is 13.2 Å². The number of hydrogen-bond acceptors (Lipinski definition) is 2. The molecule has 0 saturated heterocycles. The molecule has 0 heterocycles. The van der Waals surface area contributed by atoms with Crippen LogP contribution in [0, 0.1) is 0 Å². The minimum absolute atomic E-state index is 0.0268. The third-order valence-electron chi connectivity index (χ3n) is 3.62. The lowest BCUT2D eigenvalue weighted by atomic mass is 9.90. The zero-order chi connectivity index (χ0) is 13.2. The molecule has 2 rings (SSSR count). The first kappa shape index (κ1) is 13.4. The smallest absolute Gasteiger partial charge is 0.271 e. The molecule has 0 bridgehead atoms. The van der Waals surface area contributed by atoms with Gasteiger partial charge in [-0.2, -0.15) is 13.2 Å². The molecular weight excluding hydrogens is 241 g/mol. The summed E-state index contributed by atoms with van der Waals surface area (Å²) in [6.45, 7) is 0. The van der Waals surface area contributed by atoms with E-state index in [0.29, 0.717) is 0 Å². The molecule has 5 heteroatoms. The summed E-state index contributed by atoms with van der Waals surface area (Å²) in [5.41, 5.74) is 4.93. The number of alkyl halides is 3. The maximum absolute atomic E-state index is 12.3. The highest BCUT2D eigenvalue weighted by Crippen LogP contribution is 2.37. The van der Waals surface area contributed by atoms with E-state index >= 15 is 0 Å². The Kier molecular flexibility index (Phi) is 3.92. The zero-order valence-electron chi connectivity index (χ0n) is 10.0. The Morgan fingerprint density at radius 2 is 2.06 bits per heavy atom. The van der Waals surface area contributed by atoms with Crippen LogP contribution in [0.1, 0.15) is 36.3 Å². The summed E-state index contributed by atoms with van der Waals surface area (Å²) in [5, 5.41) is 0. The molecule has 1 aliphatic carbocycles. The van der Waals surface area contributed by atoms with Crippen molar-refractivity contribution >= 4 is 0 Å². The fraction of sp³-hybridized carbons (Fsp3) is 0.538. The van der Waals surface area contributed by atoms with Crippen molar-refractivity contribution in [1.82, 2.24) is 5.43 Å². The Morgan fingerprint density at radius 3 is 2.72 bits per heavy atom. The summed E-state index contributed by atoms with van der Waals surface area (Å²) >= 11 is 0. The van der Waals surface area contributed by atoms with Crippen LogP contribution in [0.25, 0.3) is 0 Å². The fourth-order valence-corrected chi connectivity index (χ4v) is 2.73. The first-order valence-electron chi connectivity index (χ1n) is 6.12. The molecule has 0 aliphatic heterocycles. The van der Waals surface area contributed by atoms with E-state index in [1.807, 2.05) is 24.3 Å². The highest BCUT2D eigenvalue weighted by molar-refractivity contribution is 5.35. The van der Waals surface area contributed by atoms with E-state index in [9.17, 15) is 13.2 Å². The average molecular weight is 258 g/mol. The molecule has 100 valence electrons. The van der Waals surface area contributed by atoms with Gasteiger partial charge in [-0.1, -0.05) is 24.3 Å². The summed E-state index contributed by atoms with van der Waals surface area (Å²) in [6, 6.07) is 7.60. The average Bonchev–Trinajstić information content (AvgIpc) is 2.73. The van der Waals surface area contributed by atoms with E-state index in [0.717, 1.165) is 18.4 Å². The predicted octanol–water partition coefficient (Wildman–Crippen LogP) is 2.89. The Morgan fingerprint density at radius 1 is 1.33 bits per heavy atom. The molecule has 18 heavy (non-hydrogen) atoms. The molecular formula is C13H17F3N2. The molecule has 1 aromatic carbocycles. The second-order valence-corrected chi connectivity index (χ2v) is 4.77. The number of halogens is 3. The van der Waals surface area contributed by atoms with Crippen LogP contribution in [0.3, 0.4) is 0 Å². The fourth-order valence-electron chi connectivity index (χ4n) is 2.73. The third kappa shape index (κ3) is 3.03. The van der Waals surface area contributed by atoms with Gasteiger partial charge in [0, 0.05) is 18.4 Å². The van der Waals surface area contributed by atoms with E-state index < -0.39 is 12.6 Å². The normalized spacial score (nSPS) is 20.8. The third-order valence-corrected chi connectivity index (χ3v) is 3.62. The van der Waals surface area contributed by atoms with Crippen molar-refractivity contribution < 1.29 is 13.2 Å². The molecule has 0 radical (unpaired) electrons. The van der Waals surface area contributed by atoms with Gasteiger partial charge in [-0.25, -0.2) is 0 Å². The monoisotopic (exact) mass is 258 g/mol. The van der Waals surface area contributed by atoms with Crippen molar-refractivity contribution in [2.24, 2.45) is 5.84 Å². The molecule has 0 aromatic heterocycles. The van der Waals surface area contributed by atoms with Gasteiger partial charge in [-0.05, 0) is 30.4 Å². The van der Waals surface area contributed by atoms with E-state index in [-0.39, 0.29) is 18.4 Å². The first-order valence-corrected chi connectivity index (χ1v) is 6.12. The quantitative estimate of drug-likeness (QED) is 0.643. The molecule has 1 aliphatic rings. The van der Waals surface area contributed by atoms with E-state index in [1.165, 1.54) is 5.56 Å². The van der Waals surface area contributed by atoms with E-state index in [4.69, 9.17) is 5.84 Å². The number of fused-ring (bicyclic) bond motifs is 1. The van der Waals surface area contributed by atoms with Gasteiger partial charge in [-0.15, -0.1) is 0 Å². The van der Waals surface area contributed by atoms with Gasteiger partial charge < -0.3 is 0 Å². The maximum Gasteiger partial charge on any atom is 0.389 e. The molecule has 2 atom stereocenters. The van der Waals surface area contributed by atoms with Crippen molar-refractivity contribution in [3.63, 3.8) is 0 Å². The van der Waals surface area contributed by atoms with Crippen LogP contribution < -0.4 is 11.3 Å². The van der Waals surface area contributed by atoms with Crippen molar-refractivity contribution in [1.29, 1.82) is 0 Å². The summed E-state index contributed by atoms with van der Waals surface area (Å²) in [6.07, 6.45) is -3.09. The van der Waals surface area contributed by atoms with Gasteiger partial charge in [0.15, 0.2) is 0 Å². The lowest BCUT2D eigenvalue weighted by Gasteiger charge is -2.24. The predicted molar refractivity (Wildman–Crippen MR) is 63.9 cm³/mol. The molecule has 0 fully saturated rings. The highest BCUT2D eigenvalue weighted by atomic mass is 19.4.